The molecule has 6 heteroatoms. The maximum absolute atomic E-state index is 12.9. The number of halogens is 1. The first kappa shape index (κ1) is 16.8. The van der Waals surface area contributed by atoms with Crippen LogP contribution < -0.4 is 10.2 Å². The van der Waals surface area contributed by atoms with Crippen LogP contribution in [0.25, 0.3) is 0 Å². The monoisotopic (exact) mass is 337 g/mol. The summed E-state index contributed by atoms with van der Waals surface area (Å²) in [4.78, 5) is 14.7. The van der Waals surface area contributed by atoms with Crippen LogP contribution in [-0.4, -0.2) is 28.5 Å². The Morgan fingerprint density at radius 2 is 1.76 bits per heavy atom. The van der Waals surface area contributed by atoms with E-state index in [1.165, 1.54) is 17.7 Å². The molecule has 0 saturated carbocycles. The van der Waals surface area contributed by atoms with Crippen LogP contribution in [0.1, 0.15) is 11.1 Å². The Bertz CT molecular complexity index is 792. The van der Waals surface area contributed by atoms with Gasteiger partial charge in [-0.3, -0.25) is 4.98 Å². The zero-order chi connectivity index (χ0) is 17.5. The minimum Gasteiger partial charge on any atom is -0.366 e. The fraction of sp³-hybridized carbons (Fsp3) is 0.211. The SMILES string of the molecule is CN(CCc1ccncc1)c1cc(NCc2ccc(F)cc2)ncn1. The van der Waals surface area contributed by atoms with Gasteiger partial charge in [0, 0.05) is 38.6 Å². The lowest BCUT2D eigenvalue weighted by atomic mass is 10.2. The van der Waals surface area contributed by atoms with Gasteiger partial charge in [0.15, 0.2) is 0 Å². The van der Waals surface area contributed by atoms with Crippen molar-refractivity contribution >= 4 is 11.6 Å². The van der Waals surface area contributed by atoms with Crippen LogP contribution in [-0.2, 0) is 13.0 Å². The minimum atomic E-state index is -0.233. The van der Waals surface area contributed by atoms with Crippen LogP contribution in [0.15, 0.2) is 61.2 Å². The Balaban J connectivity index is 1.57. The zero-order valence-corrected chi connectivity index (χ0v) is 14.1. The first-order valence-corrected chi connectivity index (χ1v) is 8.11. The maximum atomic E-state index is 12.9. The molecule has 25 heavy (non-hydrogen) atoms. The highest BCUT2D eigenvalue weighted by Crippen LogP contribution is 2.14. The molecule has 0 radical (unpaired) electrons. The molecule has 0 amide bonds. The number of anilines is 2. The van der Waals surface area contributed by atoms with Gasteiger partial charge in [0.2, 0.25) is 0 Å². The number of aromatic nitrogens is 3. The third-order valence-electron chi connectivity index (χ3n) is 3.92. The molecule has 2 aromatic heterocycles. The predicted molar refractivity (Wildman–Crippen MR) is 97.0 cm³/mol. The summed E-state index contributed by atoms with van der Waals surface area (Å²) in [5, 5.41) is 3.24. The second-order valence-corrected chi connectivity index (χ2v) is 5.77. The van der Waals surface area contributed by atoms with Crippen molar-refractivity contribution in [2.24, 2.45) is 0 Å². The fourth-order valence-electron chi connectivity index (χ4n) is 2.41. The van der Waals surface area contributed by atoms with Crippen molar-refractivity contribution in [2.45, 2.75) is 13.0 Å². The molecule has 128 valence electrons. The van der Waals surface area contributed by atoms with E-state index in [4.69, 9.17) is 0 Å². The first-order valence-electron chi connectivity index (χ1n) is 8.11. The van der Waals surface area contributed by atoms with Gasteiger partial charge in [0.1, 0.15) is 23.8 Å². The van der Waals surface area contributed by atoms with Crippen molar-refractivity contribution < 1.29 is 4.39 Å². The van der Waals surface area contributed by atoms with Crippen molar-refractivity contribution in [3.63, 3.8) is 0 Å². The third kappa shape index (κ3) is 4.97. The molecule has 0 fully saturated rings. The van der Waals surface area contributed by atoms with Crippen LogP contribution >= 0.6 is 0 Å². The molecule has 1 N–H and O–H groups in total. The van der Waals surface area contributed by atoms with Gasteiger partial charge in [-0.05, 0) is 41.8 Å². The van der Waals surface area contributed by atoms with E-state index in [0.717, 1.165) is 30.2 Å². The van der Waals surface area contributed by atoms with Gasteiger partial charge >= 0.3 is 0 Å². The number of pyridine rings is 1. The Morgan fingerprint density at radius 1 is 1.00 bits per heavy atom. The molecule has 0 saturated heterocycles. The summed E-state index contributed by atoms with van der Waals surface area (Å²) in [5.74, 6) is 1.36. The highest BCUT2D eigenvalue weighted by atomic mass is 19.1. The average molecular weight is 337 g/mol. The Labute approximate surface area is 146 Å². The second-order valence-electron chi connectivity index (χ2n) is 5.77. The van der Waals surface area contributed by atoms with Gasteiger partial charge in [-0.15, -0.1) is 0 Å². The summed E-state index contributed by atoms with van der Waals surface area (Å²) in [6, 6.07) is 12.4. The molecular weight excluding hydrogens is 317 g/mol. The van der Waals surface area contributed by atoms with Gasteiger partial charge in [-0.1, -0.05) is 12.1 Å². The fourth-order valence-corrected chi connectivity index (χ4v) is 2.41. The quantitative estimate of drug-likeness (QED) is 0.717. The summed E-state index contributed by atoms with van der Waals surface area (Å²) in [7, 11) is 2.01. The summed E-state index contributed by atoms with van der Waals surface area (Å²) in [6.45, 7) is 1.43. The van der Waals surface area contributed by atoms with Crippen LogP contribution in [0.5, 0.6) is 0 Å². The van der Waals surface area contributed by atoms with E-state index in [1.807, 2.05) is 25.2 Å². The highest BCUT2D eigenvalue weighted by Gasteiger charge is 2.05. The smallest absolute Gasteiger partial charge is 0.133 e. The third-order valence-corrected chi connectivity index (χ3v) is 3.92. The van der Waals surface area contributed by atoms with Crippen LogP contribution in [0, 0.1) is 5.82 Å². The van der Waals surface area contributed by atoms with E-state index in [1.54, 1.807) is 30.9 Å². The molecule has 0 aliphatic heterocycles. The summed E-state index contributed by atoms with van der Waals surface area (Å²) < 4.78 is 12.9. The van der Waals surface area contributed by atoms with Crippen molar-refractivity contribution in [2.75, 3.05) is 23.8 Å². The molecule has 2 heterocycles. The zero-order valence-electron chi connectivity index (χ0n) is 14.1. The van der Waals surface area contributed by atoms with Crippen LogP contribution in [0.4, 0.5) is 16.0 Å². The Hall–Kier alpha value is -3.02. The molecule has 5 nitrogen and oxygen atoms in total. The molecule has 1 aromatic carbocycles. The number of nitrogens with zero attached hydrogens (tertiary/aromatic N) is 4. The minimum absolute atomic E-state index is 0.233. The highest BCUT2D eigenvalue weighted by molar-refractivity contribution is 5.48. The predicted octanol–water partition coefficient (Wildman–Crippen LogP) is 3.30. The standard InChI is InChI=1S/C19H20FN5/c1-25(11-8-15-6-9-21-10-7-15)19-12-18(23-14-24-19)22-13-16-2-4-17(20)5-3-16/h2-7,9-10,12,14H,8,11,13H2,1H3,(H,22,23,24). The molecular formula is C19H20FN5. The number of benzene rings is 1. The molecule has 0 spiro atoms. The second kappa shape index (κ2) is 8.19. The molecule has 0 atom stereocenters. The number of hydrogen-bond acceptors (Lipinski definition) is 5. The van der Waals surface area contributed by atoms with E-state index in [9.17, 15) is 4.39 Å². The number of rotatable bonds is 7. The van der Waals surface area contributed by atoms with Gasteiger partial charge in [-0.2, -0.15) is 0 Å². The summed E-state index contributed by atoms with van der Waals surface area (Å²) in [5.41, 5.74) is 2.23. The van der Waals surface area contributed by atoms with Gasteiger partial charge in [0.05, 0.1) is 0 Å². The molecule has 0 unspecified atom stereocenters. The van der Waals surface area contributed by atoms with Crippen molar-refractivity contribution in [3.8, 4) is 0 Å². The first-order chi connectivity index (χ1) is 12.2. The molecule has 0 bridgehead atoms. The number of hydrogen-bond donors (Lipinski definition) is 1. The number of likely N-dealkylation sites (N-methyl/N-ethyl adjacent to an activating group) is 1. The van der Waals surface area contributed by atoms with E-state index in [-0.39, 0.29) is 5.82 Å². The van der Waals surface area contributed by atoms with Crippen LogP contribution in [0.2, 0.25) is 0 Å². The molecule has 0 aliphatic carbocycles. The van der Waals surface area contributed by atoms with Crippen molar-refractivity contribution in [1.82, 2.24) is 15.0 Å². The Morgan fingerprint density at radius 3 is 2.52 bits per heavy atom. The van der Waals surface area contributed by atoms with E-state index >= 15 is 0 Å². The molecule has 3 aromatic rings. The largest absolute Gasteiger partial charge is 0.366 e. The Kier molecular flexibility index (Phi) is 5.51. The average Bonchev–Trinajstić information content (AvgIpc) is 2.67. The van der Waals surface area contributed by atoms with E-state index < -0.39 is 0 Å². The van der Waals surface area contributed by atoms with E-state index in [2.05, 4.69) is 25.2 Å². The maximum Gasteiger partial charge on any atom is 0.133 e. The normalized spacial score (nSPS) is 10.5. The van der Waals surface area contributed by atoms with Gasteiger partial charge in [-0.25, -0.2) is 14.4 Å². The summed E-state index contributed by atoms with van der Waals surface area (Å²) in [6.07, 6.45) is 6.07. The van der Waals surface area contributed by atoms with Crippen molar-refractivity contribution in [1.29, 1.82) is 0 Å². The lowest BCUT2D eigenvalue weighted by Crippen LogP contribution is -2.21. The van der Waals surface area contributed by atoms with Crippen molar-refractivity contribution in [3.05, 3.63) is 78.1 Å². The lowest BCUT2D eigenvalue weighted by molar-refractivity contribution is 0.627. The van der Waals surface area contributed by atoms with E-state index in [0.29, 0.717) is 6.54 Å². The van der Waals surface area contributed by atoms with Gasteiger partial charge < -0.3 is 10.2 Å². The molecule has 3 rings (SSSR count). The van der Waals surface area contributed by atoms with Crippen LogP contribution in [0.3, 0.4) is 0 Å². The lowest BCUT2D eigenvalue weighted by Gasteiger charge is -2.18. The number of nitrogens with one attached hydrogen (secondary N) is 1. The summed E-state index contributed by atoms with van der Waals surface area (Å²) >= 11 is 0. The molecule has 0 aliphatic rings. The topological polar surface area (TPSA) is 53.9 Å². The van der Waals surface area contributed by atoms with Gasteiger partial charge in [0.25, 0.3) is 0 Å².